The molecule has 0 atom stereocenters. The van der Waals surface area contributed by atoms with Crippen LogP contribution in [0.2, 0.25) is 0 Å². The number of carbonyl (C=O) groups is 1. The third kappa shape index (κ3) is 4.13. The van der Waals surface area contributed by atoms with Gasteiger partial charge in [0.15, 0.2) is 0 Å². The van der Waals surface area contributed by atoms with Gasteiger partial charge in [-0.2, -0.15) is 0 Å². The van der Waals surface area contributed by atoms with Crippen molar-refractivity contribution >= 4 is 16.7 Å². The lowest BCUT2D eigenvalue weighted by Crippen LogP contribution is -2.10. The van der Waals surface area contributed by atoms with Crippen LogP contribution in [0.25, 0.3) is 10.8 Å². The average molecular weight is 320 g/mol. The van der Waals surface area contributed by atoms with Crippen molar-refractivity contribution in [3.05, 3.63) is 77.9 Å². The Morgan fingerprint density at radius 3 is 2.42 bits per heavy atom. The predicted molar refractivity (Wildman–Crippen MR) is 95.3 cm³/mol. The van der Waals surface area contributed by atoms with Crippen LogP contribution in [0.1, 0.15) is 11.1 Å². The zero-order valence-electron chi connectivity index (χ0n) is 13.7. The highest BCUT2D eigenvalue weighted by Crippen LogP contribution is 2.22. The highest BCUT2D eigenvalue weighted by atomic mass is 16.5. The minimum atomic E-state index is -0.196. The first kappa shape index (κ1) is 16.1. The highest BCUT2D eigenvalue weighted by molar-refractivity contribution is 5.85. The van der Waals surface area contributed by atoms with Crippen molar-refractivity contribution in [2.75, 3.05) is 13.7 Å². The Labute approximate surface area is 141 Å². The van der Waals surface area contributed by atoms with Crippen LogP contribution in [-0.2, 0) is 22.4 Å². The van der Waals surface area contributed by atoms with Crippen LogP contribution in [0.5, 0.6) is 5.75 Å². The van der Waals surface area contributed by atoms with Crippen LogP contribution >= 0.6 is 0 Å². The quantitative estimate of drug-likeness (QED) is 0.639. The fourth-order valence-electron chi connectivity index (χ4n) is 2.66. The number of rotatable bonds is 6. The molecule has 0 N–H and O–H groups in total. The molecule has 0 aliphatic carbocycles. The maximum absolute atomic E-state index is 12.0. The summed E-state index contributed by atoms with van der Waals surface area (Å²) in [5.74, 6) is 0.634. The first-order valence-electron chi connectivity index (χ1n) is 8.01. The Morgan fingerprint density at radius 2 is 1.62 bits per heavy atom. The largest absolute Gasteiger partial charge is 0.497 e. The number of carbonyl (C=O) groups excluding carboxylic acids is 1. The zero-order chi connectivity index (χ0) is 16.8. The van der Waals surface area contributed by atoms with Gasteiger partial charge in [-0.15, -0.1) is 0 Å². The Morgan fingerprint density at radius 1 is 0.875 bits per heavy atom. The molecule has 0 bridgehead atoms. The molecule has 0 saturated carbocycles. The van der Waals surface area contributed by atoms with Gasteiger partial charge in [-0.1, -0.05) is 54.6 Å². The molecule has 3 heteroatoms. The van der Waals surface area contributed by atoms with Crippen LogP contribution in [-0.4, -0.2) is 19.7 Å². The summed E-state index contributed by atoms with van der Waals surface area (Å²) in [6.07, 6.45) is 1.03. The molecule has 0 spiro atoms. The van der Waals surface area contributed by atoms with E-state index in [4.69, 9.17) is 9.47 Å². The average Bonchev–Trinajstić information content (AvgIpc) is 2.62. The molecule has 3 nitrogen and oxygen atoms in total. The fourth-order valence-corrected chi connectivity index (χ4v) is 2.66. The molecule has 0 unspecified atom stereocenters. The smallest absolute Gasteiger partial charge is 0.310 e. The summed E-state index contributed by atoms with van der Waals surface area (Å²) >= 11 is 0. The Kier molecular flexibility index (Phi) is 5.12. The molecule has 0 heterocycles. The minimum absolute atomic E-state index is 0.196. The number of benzene rings is 3. The molecule has 0 aliphatic heterocycles. The second kappa shape index (κ2) is 7.64. The van der Waals surface area contributed by atoms with E-state index in [0.717, 1.165) is 28.5 Å². The van der Waals surface area contributed by atoms with Gasteiger partial charge in [0.25, 0.3) is 0 Å². The minimum Gasteiger partial charge on any atom is -0.497 e. The van der Waals surface area contributed by atoms with Crippen molar-refractivity contribution in [1.29, 1.82) is 0 Å². The third-order valence-corrected chi connectivity index (χ3v) is 3.96. The summed E-state index contributed by atoms with van der Waals surface area (Å²) in [7, 11) is 1.65. The summed E-state index contributed by atoms with van der Waals surface area (Å²) in [6, 6.07) is 21.9. The van der Waals surface area contributed by atoms with Gasteiger partial charge in [-0.05, 0) is 34.0 Å². The second-order valence-electron chi connectivity index (χ2n) is 5.68. The highest BCUT2D eigenvalue weighted by Gasteiger charge is 2.06. The Bertz CT molecular complexity index is 825. The molecule has 0 saturated heterocycles. The topological polar surface area (TPSA) is 35.5 Å². The van der Waals surface area contributed by atoms with Gasteiger partial charge < -0.3 is 9.47 Å². The molecule has 3 aromatic carbocycles. The molecule has 0 radical (unpaired) electrons. The van der Waals surface area contributed by atoms with Crippen molar-refractivity contribution in [3.63, 3.8) is 0 Å². The molecule has 122 valence electrons. The predicted octanol–water partition coefficient (Wildman–Crippen LogP) is 4.18. The Hall–Kier alpha value is -2.81. The van der Waals surface area contributed by atoms with Gasteiger partial charge >= 0.3 is 5.97 Å². The lowest BCUT2D eigenvalue weighted by molar-refractivity contribution is -0.142. The molecule has 0 fully saturated rings. The van der Waals surface area contributed by atoms with E-state index in [0.29, 0.717) is 6.61 Å². The van der Waals surface area contributed by atoms with Gasteiger partial charge in [0, 0.05) is 6.42 Å². The summed E-state index contributed by atoms with van der Waals surface area (Å²) in [4.78, 5) is 12.0. The first-order chi connectivity index (χ1) is 11.7. The summed E-state index contributed by atoms with van der Waals surface area (Å²) in [6.45, 7) is 0.410. The lowest BCUT2D eigenvalue weighted by Gasteiger charge is -2.07. The molecule has 24 heavy (non-hydrogen) atoms. The number of hydrogen-bond donors (Lipinski definition) is 0. The maximum atomic E-state index is 12.0. The van der Waals surface area contributed by atoms with E-state index in [-0.39, 0.29) is 12.4 Å². The van der Waals surface area contributed by atoms with E-state index < -0.39 is 0 Å². The molecular formula is C21H20O3. The summed E-state index contributed by atoms with van der Waals surface area (Å²) < 4.78 is 10.6. The zero-order valence-corrected chi connectivity index (χ0v) is 13.7. The summed E-state index contributed by atoms with van der Waals surface area (Å²) in [5, 5.41) is 2.18. The van der Waals surface area contributed by atoms with Gasteiger partial charge in [0.05, 0.1) is 20.1 Å². The molecule has 3 rings (SSSR count). The number of esters is 1. The van der Waals surface area contributed by atoms with Gasteiger partial charge in [-0.25, -0.2) is 0 Å². The second-order valence-corrected chi connectivity index (χ2v) is 5.68. The number of fused-ring (bicyclic) bond motifs is 1. The standard InChI is InChI=1S/C21H20O3/c1-23-20-10-9-18-13-17(7-8-19(18)15-20)14-21(22)24-12-11-16-5-3-2-4-6-16/h2-10,13,15H,11-12,14H2,1H3. The van der Waals surface area contributed by atoms with E-state index in [1.165, 1.54) is 5.56 Å². The third-order valence-electron chi connectivity index (χ3n) is 3.96. The number of ether oxygens (including phenoxy) is 2. The van der Waals surface area contributed by atoms with Crippen molar-refractivity contribution in [3.8, 4) is 5.75 Å². The van der Waals surface area contributed by atoms with Gasteiger partial charge in [0.2, 0.25) is 0 Å². The first-order valence-corrected chi connectivity index (χ1v) is 8.01. The molecule has 0 aliphatic rings. The van der Waals surface area contributed by atoms with Crippen molar-refractivity contribution in [1.82, 2.24) is 0 Å². The fraction of sp³-hybridized carbons (Fsp3) is 0.190. The SMILES string of the molecule is COc1ccc2cc(CC(=O)OCCc3ccccc3)ccc2c1. The molecule has 0 amide bonds. The van der Waals surface area contributed by atoms with Crippen LogP contribution < -0.4 is 4.74 Å². The van der Waals surface area contributed by atoms with Crippen LogP contribution in [0, 0.1) is 0 Å². The van der Waals surface area contributed by atoms with E-state index >= 15 is 0 Å². The monoisotopic (exact) mass is 320 g/mol. The van der Waals surface area contributed by atoms with E-state index in [9.17, 15) is 4.79 Å². The van der Waals surface area contributed by atoms with E-state index in [1.807, 2.05) is 66.7 Å². The van der Waals surface area contributed by atoms with Crippen LogP contribution in [0.15, 0.2) is 66.7 Å². The van der Waals surface area contributed by atoms with Gasteiger partial charge in [0.1, 0.15) is 5.75 Å². The normalized spacial score (nSPS) is 10.5. The van der Waals surface area contributed by atoms with Crippen molar-refractivity contribution < 1.29 is 14.3 Å². The van der Waals surface area contributed by atoms with Crippen LogP contribution in [0.4, 0.5) is 0 Å². The molecular weight excluding hydrogens is 300 g/mol. The van der Waals surface area contributed by atoms with Crippen molar-refractivity contribution in [2.45, 2.75) is 12.8 Å². The van der Waals surface area contributed by atoms with E-state index in [2.05, 4.69) is 0 Å². The van der Waals surface area contributed by atoms with E-state index in [1.54, 1.807) is 7.11 Å². The number of hydrogen-bond acceptors (Lipinski definition) is 3. The number of methoxy groups -OCH3 is 1. The molecule has 0 aromatic heterocycles. The lowest BCUT2D eigenvalue weighted by atomic mass is 10.0. The van der Waals surface area contributed by atoms with Gasteiger partial charge in [-0.3, -0.25) is 4.79 Å². The van der Waals surface area contributed by atoms with Crippen LogP contribution in [0.3, 0.4) is 0 Å². The Balaban J connectivity index is 1.57. The molecule has 3 aromatic rings. The summed E-state index contributed by atoms with van der Waals surface area (Å²) in [5.41, 5.74) is 2.13. The maximum Gasteiger partial charge on any atom is 0.310 e. The van der Waals surface area contributed by atoms with Crippen molar-refractivity contribution in [2.24, 2.45) is 0 Å².